The first-order valence-corrected chi connectivity index (χ1v) is 11.9. The number of para-hydroxylation sites is 1. The summed E-state index contributed by atoms with van der Waals surface area (Å²) in [6, 6.07) is 4.75. The molecule has 1 saturated heterocycles. The molecular formula is C25H31FN2O6. The number of amides is 1. The van der Waals surface area contributed by atoms with Gasteiger partial charge in [0.15, 0.2) is 23.0 Å². The summed E-state index contributed by atoms with van der Waals surface area (Å²) in [4.78, 5) is 31.3. The van der Waals surface area contributed by atoms with Crippen LogP contribution in [0.15, 0.2) is 29.5 Å². The van der Waals surface area contributed by atoms with Gasteiger partial charge < -0.3 is 23.8 Å². The van der Waals surface area contributed by atoms with Crippen LogP contribution in [-0.2, 0) is 19.1 Å². The molecule has 3 aliphatic heterocycles. The van der Waals surface area contributed by atoms with Crippen LogP contribution >= 0.6 is 0 Å². The van der Waals surface area contributed by atoms with Gasteiger partial charge in [0.25, 0.3) is 5.91 Å². The molecule has 4 unspecified atom stereocenters. The Balaban J connectivity index is 1.54. The number of morpholine rings is 1. The van der Waals surface area contributed by atoms with Crippen LogP contribution in [0.3, 0.4) is 0 Å². The van der Waals surface area contributed by atoms with Crippen molar-refractivity contribution >= 4 is 11.7 Å². The molecule has 0 aromatic heterocycles. The molecular weight excluding hydrogens is 443 g/mol. The van der Waals surface area contributed by atoms with Crippen molar-refractivity contribution in [3.05, 3.63) is 35.1 Å². The van der Waals surface area contributed by atoms with Gasteiger partial charge in [-0.25, -0.2) is 4.39 Å². The fourth-order valence-corrected chi connectivity index (χ4v) is 5.62. The number of ether oxygens (including phenoxy) is 4. The summed E-state index contributed by atoms with van der Waals surface area (Å²) in [7, 11) is 3.08. The van der Waals surface area contributed by atoms with Gasteiger partial charge in [-0.2, -0.15) is 0 Å². The van der Waals surface area contributed by atoms with Gasteiger partial charge in [0.05, 0.1) is 45.0 Å². The maximum absolute atomic E-state index is 14.2. The van der Waals surface area contributed by atoms with E-state index in [0.29, 0.717) is 61.8 Å². The third kappa shape index (κ3) is 3.94. The number of hydrogen-bond donors (Lipinski definition) is 0. The highest BCUT2D eigenvalue weighted by molar-refractivity contribution is 6.11. The minimum atomic E-state index is -1.03. The number of ketones is 1. The van der Waals surface area contributed by atoms with Crippen LogP contribution < -0.4 is 9.47 Å². The molecule has 184 valence electrons. The van der Waals surface area contributed by atoms with Gasteiger partial charge in [0.1, 0.15) is 12.3 Å². The Morgan fingerprint density at radius 2 is 1.88 bits per heavy atom. The number of rotatable bonds is 6. The minimum absolute atomic E-state index is 0.111. The van der Waals surface area contributed by atoms with E-state index in [1.54, 1.807) is 18.1 Å². The predicted molar refractivity (Wildman–Crippen MR) is 120 cm³/mol. The Labute approximate surface area is 198 Å². The topological polar surface area (TPSA) is 77.5 Å². The van der Waals surface area contributed by atoms with Gasteiger partial charge in [0, 0.05) is 31.7 Å². The largest absolute Gasteiger partial charge is 0.493 e. The molecule has 0 N–H and O–H groups in total. The molecule has 34 heavy (non-hydrogen) atoms. The number of methoxy groups -OCH3 is 2. The number of hydrogen-bond acceptors (Lipinski definition) is 7. The molecule has 8 nitrogen and oxygen atoms in total. The van der Waals surface area contributed by atoms with Gasteiger partial charge in [0.2, 0.25) is 0 Å². The van der Waals surface area contributed by atoms with Crippen LogP contribution in [0.4, 0.5) is 4.39 Å². The van der Waals surface area contributed by atoms with E-state index >= 15 is 0 Å². The summed E-state index contributed by atoms with van der Waals surface area (Å²) >= 11 is 0. The highest BCUT2D eigenvalue weighted by atomic mass is 19.1. The van der Waals surface area contributed by atoms with Crippen molar-refractivity contribution in [1.29, 1.82) is 0 Å². The molecule has 1 aromatic rings. The number of fused-ring (bicyclic) bond motifs is 1. The lowest BCUT2D eigenvalue weighted by molar-refractivity contribution is -0.136. The molecule has 1 aromatic carbocycles. The van der Waals surface area contributed by atoms with Crippen LogP contribution in [0, 0.1) is 5.92 Å². The molecule has 3 heterocycles. The lowest BCUT2D eigenvalue weighted by Gasteiger charge is -2.36. The first-order chi connectivity index (χ1) is 16.5. The number of alkyl halides is 1. The zero-order chi connectivity index (χ0) is 23.8. The highest BCUT2D eigenvalue weighted by Gasteiger charge is 2.53. The number of carbonyl (C=O) groups is 2. The quantitative estimate of drug-likeness (QED) is 0.626. The Morgan fingerprint density at radius 1 is 1.09 bits per heavy atom. The summed E-state index contributed by atoms with van der Waals surface area (Å²) in [6.45, 7) is 3.95. The van der Waals surface area contributed by atoms with Gasteiger partial charge in [-0.15, -0.1) is 0 Å². The summed E-state index contributed by atoms with van der Waals surface area (Å²) < 4.78 is 37.0. The molecule has 0 bridgehead atoms. The van der Waals surface area contributed by atoms with Gasteiger partial charge in [-0.3, -0.25) is 14.5 Å². The predicted octanol–water partition coefficient (Wildman–Crippen LogP) is 2.28. The summed E-state index contributed by atoms with van der Waals surface area (Å²) in [6.07, 6.45) is -0.573. The Kier molecular flexibility index (Phi) is 6.48. The Hall–Kier alpha value is -2.65. The molecule has 1 aliphatic carbocycles. The number of Topliss-reactive ketones (excluding diaryl/α,β-unsaturated/α-hetero) is 1. The normalized spacial score (nSPS) is 29.6. The summed E-state index contributed by atoms with van der Waals surface area (Å²) in [5.41, 5.74) is 0.971. The van der Waals surface area contributed by atoms with Crippen LogP contribution in [0.2, 0.25) is 0 Å². The lowest BCUT2D eigenvalue weighted by atomic mass is 9.77. The third-order valence-corrected chi connectivity index (χ3v) is 7.37. The van der Waals surface area contributed by atoms with Gasteiger partial charge in [-0.1, -0.05) is 12.1 Å². The van der Waals surface area contributed by atoms with Crippen LogP contribution in [0.5, 0.6) is 11.5 Å². The van der Waals surface area contributed by atoms with E-state index in [9.17, 15) is 14.0 Å². The molecule has 4 aliphatic rings. The fourth-order valence-electron chi connectivity index (χ4n) is 5.62. The van der Waals surface area contributed by atoms with E-state index < -0.39 is 24.2 Å². The van der Waals surface area contributed by atoms with Gasteiger partial charge >= 0.3 is 0 Å². The molecule has 9 heteroatoms. The van der Waals surface area contributed by atoms with Crippen LogP contribution in [-0.4, -0.2) is 87.4 Å². The summed E-state index contributed by atoms with van der Waals surface area (Å²) in [5.74, 6) is 0.0278. The van der Waals surface area contributed by atoms with Crippen LogP contribution in [0.25, 0.3) is 0 Å². The molecule has 4 atom stereocenters. The van der Waals surface area contributed by atoms with Crippen molar-refractivity contribution in [2.75, 3.05) is 53.6 Å². The van der Waals surface area contributed by atoms with Crippen molar-refractivity contribution in [2.45, 2.75) is 37.6 Å². The van der Waals surface area contributed by atoms with E-state index in [2.05, 4.69) is 4.90 Å². The van der Waals surface area contributed by atoms with Crippen molar-refractivity contribution in [2.24, 2.45) is 5.92 Å². The van der Waals surface area contributed by atoms with E-state index in [1.807, 2.05) is 12.1 Å². The fraction of sp³-hybridized carbons (Fsp3) is 0.600. The maximum Gasteiger partial charge on any atom is 0.290 e. The number of nitrogens with zero attached hydrogens (tertiary/aromatic N) is 2. The zero-order valence-corrected chi connectivity index (χ0v) is 19.6. The van der Waals surface area contributed by atoms with E-state index in [0.717, 1.165) is 13.1 Å². The average Bonchev–Trinajstić information content (AvgIpc) is 3.14. The molecule has 5 rings (SSSR count). The van der Waals surface area contributed by atoms with Crippen LogP contribution in [0.1, 0.15) is 30.9 Å². The minimum Gasteiger partial charge on any atom is -0.493 e. The third-order valence-electron chi connectivity index (χ3n) is 7.37. The monoisotopic (exact) mass is 474 g/mol. The van der Waals surface area contributed by atoms with E-state index in [4.69, 9.17) is 18.9 Å². The van der Waals surface area contributed by atoms with Crippen molar-refractivity contribution in [3.63, 3.8) is 0 Å². The van der Waals surface area contributed by atoms with Gasteiger partial charge in [-0.05, 0) is 25.3 Å². The number of benzene rings is 1. The second-order valence-corrected chi connectivity index (χ2v) is 9.22. The Bertz CT molecular complexity index is 992. The Morgan fingerprint density at radius 3 is 2.62 bits per heavy atom. The van der Waals surface area contributed by atoms with E-state index in [1.165, 1.54) is 7.11 Å². The number of halogens is 1. The molecule has 1 saturated carbocycles. The molecule has 1 amide bonds. The second kappa shape index (κ2) is 9.54. The first-order valence-electron chi connectivity index (χ1n) is 11.9. The average molecular weight is 475 g/mol. The zero-order valence-electron chi connectivity index (χ0n) is 19.6. The SMILES string of the molecule is COc1cccc(C2C3=C(OC4CCC(F)CC4C3=O)C(=O)N2CCN2CCOCC2)c1OC. The molecule has 0 radical (unpaired) electrons. The molecule has 2 fully saturated rings. The highest BCUT2D eigenvalue weighted by Crippen LogP contribution is 2.50. The molecule has 0 spiro atoms. The smallest absolute Gasteiger partial charge is 0.290 e. The number of carbonyl (C=O) groups excluding carboxylic acids is 2. The standard InChI is InChI=1S/C25H31FN2O6/c1-31-19-5-3-4-16(23(19)32-2)21-20-22(29)17-14-15(26)6-7-18(17)34-24(20)25(30)28(21)9-8-27-10-12-33-13-11-27/h3-5,15,17-18,21H,6-14H2,1-2H3. The van der Waals surface area contributed by atoms with E-state index in [-0.39, 0.29) is 23.9 Å². The second-order valence-electron chi connectivity index (χ2n) is 9.22. The van der Waals surface area contributed by atoms with Crippen molar-refractivity contribution in [3.8, 4) is 11.5 Å². The van der Waals surface area contributed by atoms with Crippen molar-refractivity contribution in [1.82, 2.24) is 9.80 Å². The maximum atomic E-state index is 14.2. The first kappa shape index (κ1) is 23.1. The lowest BCUT2D eigenvalue weighted by Crippen LogP contribution is -2.43. The van der Waals surface area contributed by atoms with Crippen molar-refractivity contribution < 1.29 is 32.9 Å². The summed E-state index contributed by atoms with van der Waals surface area (Å²) in [5, 5.41) is 0.